The van der Waals surface area contributed by atoms with E-state index in [1.165, 1.54) is 31.3 Å². The standard InChI is InChI=1S/C28H26ClNO6/c1-16-9-5-7-11-18(16)25-24(26(31)19-13-23(36-4)20(29)14-22(19)35-3)27(32)28(33)30(25)15-17-10-6-8-12-21(17)34-2/h5-14,25,31H,15H2,1-4H3/b26-24+. The van der Waals surface area contributed by atoms with E-state index in [9.17, 15) is 14.7 Å². The number of para-hydroxylation sites is 1. The highest BCUT2D eigenvalue weighted by atomic mass is 35.5. The zero-order valence-electron chi connectivity index (χ0n) is 20.4. The van der Waals surface area contributed by atoms with Crippen molar-refractivity contribution in [2.24, 2.45) is 0 Å². The molecule has 0 bridgehead atoms. The third-order valence-electron chi connectivity index (χ3n) is 6.29. The smallest absolute Gasteiger partial charge is 0.295 e. The fourth-order valence-electron chi connectivity index (χ4n) is 4.47. The molecule has 7 nitrogen and oxygen atoms in total. The highest BCUT2D eigenvalue weighted by molar-refractivity contribution is 6.46. The summed E-state index contributed by atoms with van der Waals surface area (Å²) in [6.45, 7) is 2.00. The van der Waals surface area contributed by atoms with E-state index in [0.29, 0.717) is 11.3 Å². The van der Waals surface area contributed by atoms with Gasteiger partial charge in [-0.15, -0.1) is 0 Å². The molecule has 0 saturated carbocycles. The number of rotatable bonds is 7. The molecular weight excluding hydrogens is 482 g/mol. The van der Waals surface area contributed by atoms with Crippen LogP contribution in [0.4, 0.5) is 0 Å². The van der Waals surface area contributed by atoms with E-state index in [4.69, 9.17) is 25.8 Å². The molecule has 0 radical (unpaired) electrons. The summed E-state index contributed by atoms with van der Waals surface area (Å²) in [7, 11) is 4.41. The maximum absolute atomic E-state index is 13.5. The quantitative estimate of drug-likeness (QED) is 0.265. The summed E-state index contributed by atoms with van der Waals surface area (Å²) in [4.78, 5) is 28.3. The number of nitrogens with zero attached hydrogens (tertiary/aromatic N) is 1. The minimum atomic E-state index is -0.845. The van der Waals surface area contributed by atoms with Crippen molar-refractivity contribution in [3.05, 3.63) is 93.5 Å². The Balaban J connectivity index is 1.95. The zero-order valence-corrected chi connectivity index (χ0v) is 21.1. The van der Waals surface area contributed by atoms with Crippen molar-refractivity contribution in [2.45, 2.75) is 19.5 Å². The Morgan fingerprint density at radius 1 is 0.917 bits per heavy atom. The number of aliphatic hydroxyl groups excluding tert-OH is 1. The Hall–Kier alpha value is -3.97. The van der Waals surface area contributed by atoms with Crippen LogP contribution in [0.25, 0.3) is 5.76 Å². The minimum Gasteiger partial charge on any atom is -0.507 e. The molecule has 1 N–H and O–H groups in total. The molecule has 4 rings (SSSR count). The predicted octanol–water partition coefficient (Wildman–Crippen LogP) is 5.30. The van der Waals surface area contributed by atoms with Gasteiger partial charge in [0.2, 0.25) is 0 Å². The van der Waals surface area contributed by atoms with Crippen LogP contribution in [0, 0.1) is 6.92 Å². The molecule has 0 spiro atoms. The average molecular weight is 508 g/mol. The second kappa shape index (κ2) is 10.3. The molecule has 3 aromatic carbocycles. The van der Waals surface area contributed by atoms with Gasteiger partial charge in [0.05, 0.1) is 50.1 Å². The number of aliphatic hydroxyl groups is 1. The Morgan fingerprint density at radius 3 is 2.22 bits per heavy atom. The number of hydrogen-bond donors (Lipinski definition) is 1. The van der Waals surface area contributed by atoms with Gasteiger partial charge in [0.25, 0.3) is 11.7 Å². The van der Waals surface area contributed by atoms with Crippen molar-refractivity contribution in [3.63, 3.8) is 0 Å². The number of ketones is 1. The van der Waals surface area contributed by atoms with Gasteiger partial charge < -0.3 is 24.2 Å². The van der Waals surface area contributed by atoms with Crippen LogP contribution in [0.5, 0.6) is 17.2 Å². The summed E-state index contributed by atoms with van der Waals surface area (Å²) in [5.41, 5.74) is 2.44. The average Bonchev–Trinajstić information content (AvgIpc) is 3.13. The van der Waals surface area contributed by atoms with E-state index in [2.05, 4.69) is 0 Å². The number of halogens is 1. The van der Waals surface area contributed by atoms with Crippen LogP contribution in [0.3, 0.4) is 0 Å². The number of methoxy groups -OCH3 is 3. The van der Waals surface area contributed by atoms with Crippen molar-refractivity contribution in [2.75, 3.05) is 21.3 Å². The summed E-state index contributed by atoms with van der Waals surface area (Å²) in [6, 6.07) is 16.9. The largest absolute Gasteiger partial charge is 0.507 e. The SMILES string of the molecule is COc1cc(/C(O)=C2\C(=O)C(=O)N(Cc3ccccc3OC)C2c2ccccc2C)c(OC)cc1Cl. The lowest BCUT2D eigenvalue weighted by atomic mass is 9.92. The van der Waals surface area contributed by atoms with Crippen molar-refractivity contribution in [1.82, 2.24) is 4.90 Å². The molecule has 1 atom stereocenters. The fourth-order valence-corrected chi connectivity index (χ4v) is 4.70. The summed E-state index contributed by atoms with van der Waals surface area (Å²) in [5.74, 6) is -0.794. The van der Waals surface area contributed by atoms with Crippen LogP contribution in [-0.4, -0.2) is 43.0 Å². The number of carbonyl (C=O) groups excluding carboxylic acids is 2. The van der Waals surface area contributed by atoms with E-state index >= 15 is 0 Å². The predicted molar refractivity (Wildman–Crippen MR) is 137 cm³/mol. The first-order valence-electron chi connectivity index (χ1n) is 11.2. The molecule has 1 fully saturated rings. The molecule has 8 heteroatoms. The monoisotopic (exact) mass is 507 g/mol. The number of hydrogen-bond acceptors (Lipinski definition) is 6. The normalized spacial score (nSPS) is 16.8. The molecule has 186 valence electrons. The molecule has 1 aliphatic heterocycles. The van der Waals surface area contributed by atoms with Gasteiger partial charge >= 0.3 is 0 Å². The highest BCUT2D eigenvalue weighted by Crippen LogP contribution is 2.44. The van der Waals surface area contributed by atoms with E-state index in [0.717, 1.165) is 11.1 Å². The molecule has 3 aromatic rings. The molecule has 1 heterocycles. The van der Waals surface area contributed by atoms with Gasteiger partial charge in [-0.05, 0) is 30.2 Å². The van der Waals surface area contributed by atoms with Gasteiger partial charge in [0.1, 0.15) is 23.0 Å². The number of aryl methyl sites for hydroxylation is 1. The molecule has 0 aromatic heterocycles. The molecular formula is C28H26ClNO6. The van der Waals surface area contributed by atoms with Crippen molar-refractivity contribution in [1.29, 1.82) is 0 Å². The van der Waals surface area contributed by atoms with Crippen LogP contribution in [0.2, 0.25) is 5.02 Å². The molecule has 36 heavy (non-hydrogen) atoms. The number of Topliss-reactive ketones (excluding diaryl/α,β-unsaturated/α-hetero) is 1. The number of benzene rings is 3. The lowest BCUT2D eigenvalue weighted by Crippen LogP contribution is -2.29. The lowest BCUT2D eigenvalue weighted by molar-refractivity contribution is -0.140. The van der Waals surface area contributed by atoms with Gasteiger partial charge in [-0.25, -0.2) is 0 Å². The van der Waals surface area contributed by atoms with E-state index in [1.54, 1.807) is 13.2 Å². The first-order chi connectivity index (χ1) is 17.3. The molecule has 1 amide bonds. The highest BCUT2D eigenvalue weighted by Gasteiger charge is 2.47. The number of amides is 1. The molecule has 1 aliphatic rings. The molecule has 1 unspecified atom stereocenters. The Bertz CT molecular complexity index is 1370. The van der Waals surface area contributed by atoms with Crippen LogP contribution in [-0.2, 0) is 16.1 Å². The fraction of sp³-hybridized carbons (Fsp3) is 0.214. The maximum Gasteiger partial charge on any atom is 0.295 e. The van der Waals surface area contributed by atoms with Crippen molar-refractivity contribution in [3.8, 4) is 17.2 Å². The van der Waals surface area contributed by atoms with Crippen molar-refractivity contribution < 1.29 is 28.9 Å². The van der Waals surface area contributed by atoms with Crippen molar-refractivity contribution >= 4 is 29.1 Å². The van der Waals surface area contributed by atoms with Crippen LogP contribution in [0.1, 0.15) is 28.3 Å². The number of likely N-dealkylation sites (tertiary alicyclic amines) is 1. The first-order valence-corrected chi connectivity index (χ1v) is 11.6. The van der Waals surface area contributed by atoms with Gasteiger partial charge in [-0.3, -0.25) is 9.59 Å². The summed E-state index contributed by atoms with van der Waals surface area (Å²) in [5, 5.41) is 11.8. The van der Waals surface area contributed by atoms with Gasteiger partial charge in [0.15, 0.2) is 0 Å². The van der Waals surface area contributed by atoms with Crippen LogP contribution < -0.4 is 14.2 Å². The maximum atomic E-state index is 13.5. The second-order valence-electron chi connectivity index (χ2n) is 8.28. The van der Waals surface area contributed by atoms with Crippen LogP contribution in [0.15, 0.2) is 66.2 Å². The van der Waals surface area contributed by atoms with Gasteiger partial charge in [-0.1, -0.05) is 54.1 Å². The van der Waals surface area contributed by atoms with Gasteiger partial charge in [0, 0.05) is 11.6 Å². The summed E-state index contributed by atoms with van der Waals surface area (Å²) < 4.78 is 16.2. The number of ether oxygens (including phenoxy) is 3. The molecule has 1 saturated heterocycles. The third-order valence-corrected chi connectivity index (χ3v) is 6.58. The zero-order chi connectivity index (χ0) is 26.0. The lowest BCUT2D eigenvalue weighted by Gasteiger charge is -2.27. The van der Waals surface area contributed by atoms with E-state index in [-0.39, 0.29) is 40.0 Å². The minimum absolute atomic E-state index is 0.0492. The Morgan fingerprint density at radius 2 is 1.56 bits per heavy atom. The summed E-state index contributed by atoms with van der Waals surface area (Å²) >= 11 is 6.24. The summed E-state index contributed by atoms with van der Waals surface area (Å²) in [6.07, 6.45) is 0. The topological polar surface area (TPSA) is 85.3 Å². The second-order valence-corrected chi connectivity index (χ2v) is 8.69. The Kier molecular flexibility index (Phi) is 7.22. The first kappa shape index (κ1) is 25.1. The van der Waals surface area contributed by atoms with E-state index in [1.807, 2.05) is 49.4 Å². The van der Waals surface area contributed by atoms with Crippen LogP contribution >= 0.6 is 11.6 Å². The van der Waals surface area contributed by atoms with Gasteiger partial charge in [-0.2, -0.15) is 0 Å². The Labute approximate surface area is 214 Å². The number of carbonyl (C=O) groups is 2. The van der Waals surface area contributed by atoms with E-state index < -0.39 is 17.7 Å². The third kappa shape index (κ3) is 4.38. The molecule has 0 aliphatic carbocycles.